The lowest BCUT2D eigenvalue weighted by molar-refractivity contribution is 0.122. The van der Waals surface area contributed by atoms with E-state index in [-0.39, 0.29) is 5.54 Å². The van der Waals surface area contributed by atoms with Crippen molar-refractivity contribution in [3.8, 4) is 0 Å². The summed E-state index contributed by atoms with van der Waals surface area (Å²) in [5.74, 6) is 3.76. The molecule has 0 radical (unpaired) electrons. The van der Waals surface area contributed by atoms with E-state index in [2.05, 4.69) is 61.1 Å². The van der Waals surface area contributed by atoms with Gasteiger partial charge in [0, 0.05) is 37.8 Å². The summed E-state index contributed by atoms with van der Waals surface area (Å²) in [6.07, 6.45) is 1.27. The summed E-state index contributed by atoms with van der Waals surface area (Å²) in [6, 6.07) is 2.11. The van der Waals surface area contributed by atoms with Gasteiger partial charge < -0.3 is 25.2 Å². The summed E-state index contributed by atoms with van der Waals surface area (Å²) < 4.78 is 5.50. The van der Waals surface area contributed by atoms with E-state index in [0.29, 0.717) is 22.9 Å². The summed E-state index contributed by atoms with van der Waals surface area (Å²) in [5.41, 5.74) is -0.119. The fourth-order valence-corrected chi connectivity index (χ4v) is 4.32. The molecule has 28 heavy (non-hydrogen) atoms. The highest BCUT2D eigenvalue weighted by molar-refractivity contribution is 7.80. The second kappa shape index (κ2) is 8.78. The average molecular weight is 407 g/mol. The van der Waals surface area contributed by atoms with E-state index in [4.69, 9.17) is 26.9 Å². The third kappa shape index (κ3) is 5.91. The number of rotatable bonds is 3. The molecule has 2 atom stereocenters. The van der Waals surface area contributed by atoms with Gasteiger partial charge in [0.15, 0.2) is 5.11 Å². The van der Waals surface area contributed by atoms with Crippen LogP contribution in [-0.2, 0) is 4.74 Å². The van der Waals surface area contributed by atoms with E-state index >= 15 is 0 Å². The van der Waals surface area contributed by atoms with Gasteiger partial charge in [-0.2, -0.15) is 9.97 Å². The number of piperidine rings is 1. The van der Waals surface area contributed by atoms with E-state index in [0.717, 1.165) is 51.0 Å². The van der Waals surface area contributed by atoms with Crippen LogP contribution in [0.1, 0.15) is 41.0 Å². The van der Waals surface area contributed by atoms with Crippen molar-refractivity contribution in [2.24, 2.45) is 11.8 Å². The number of hydrogen-bond acceptors (Lipinski definition) is 6. The zero-order valence-corrected chi connectivity index (χ0v) is 18.6. The molecular weight excluding hydrogens is 372 g/mol. The molecule has 7 nitrogen and oxygen atoms in total. The molecule has 0 aliphatic carbocycles. The summed E-state index contributed by atoms with van der Waals surface area (Å²) in [4.78, 5) is 14.2. The highest BCUT2D eigenvalue weighted by Crippen LogP contribution is 2.28. The Hall–Kier alpha value is -1.67. The van der Waals surface area contributed by atoms with Crippen LogP contribution in [0.5, 0.6) is 0 Å². The Morgan fingerprint density at radius 1 is 1.07 bits per heavy atom. The van der Waals surface area contributed by atoms with Crippen LogP contribution in [0.2, 0.25) is 0 Å². The summed E-state index contributed by atoms with van der Waals surface area (Å²) in [7, 11) is 0. The maximum absolute atomic E-state index is 5.50. The number of anilines is 3. The molecule has 2 aliphatic heterocycles. The largest absolute Gasteiger partial charge is 0.378 e. The second-order valence-electron chi connectivity index (χ2n) is 9.19. The third-order valence-electron chi connectivity index (χ3n) is 4.94. The Morgan fingerprint density at radius 3 is 2.21 bits per heavy atom. The molecule has 3 heterocycles. The van der Waals surface area contributed by atoms with Crippen molar-refractivity contribution in [1.29, 1.82) is 0 Å². The minimum atomic E-state index is -0.119. The van der Waals surface area contributed by atoms with Crippen LogP contribution in [0.3, 0.4) is 0 Å². The topological polar surface area (TPSA) is 65.6 Å². The van der Waals surface area contributed by atoms with Crippen molar-refractivity contribution in [3.63, 3.8) is 0 Å². The van der Waals surface area contributed by atoms with Gasteiger partial charge in [0.05, 0.1) is 13.2 Å². The molecule has 2 fully saturated rings. The lowest BCUT2D eigenvalue weighted by atomic mass is 9.92. The molecule has 3 rings (SSSR count). The van der Waals surface area contributed by atoms with Crippen molar-refractivity contribution in [2.45, 2.75) is 46.6 Å². The molecule has 2 aliphatic rings. The van der Waals surface area contributed by atoms with Crippen LogP contribution >= 0.6 is 12.2 Å². The van der Waals surface area contributed by atoms with Gasteiger partial charge in [0.25, 0.3) is 0 Å². The molecule has 1 aromatic rings. The molecule has 0 bridgehead atoms. The highest BCUT2D eigenvalue weighted by atomic mass is 32.1. The molecule has 2 N–H and O–H groups in total. The van der Waals surface area contributed by atoms with E-state index in [1.165, 1.54) is 6.42 Å². The number of hydrogen-bond donors (Lipinski definition) is 2. The minimum Gasteiger partial charge on any atom is -0.378 e. The molecule has 8 heteroatoms. The Balaban J connectivity index is 1.86. The molecule has 0 aromatic carbocycles. The van der Waals surface area contributed by atoms with Gasteiger partial charge in [0.2, 0.25) is 5.95 Å². The first-order valence-electron chi connectivity index (χ1n) is 10.3. The first-order chi connectivity index (χ1) is 13.2. The predicted molar refractivity (Wildman–Crippen MR) is 119 cm³/mol. The number of thiocarbonyl (C=S) groups is 1. The number of ether oxygens (including phenoxy) is 1. The molecule has 156 valence electrons. The molecule has 2 saturated heterocycles. The molecule has 0 amide bonds. The zero-order valence-electron chi connectivity index (χ0n) is 17.8. The van der Waals surface area contributed by atoms with Gasteiger partial charge in [-0.15, -0.1) is 0 Å². The quantitative estimate of drug-likeness (QED) is 0.743. The lowest BCUT2D eigenvalue weighted by Crippen LogP contribution is -2.43. The highest BCUT2D eigenvalue weighted by Gasteiger charge is 2.25. The first-order valence-corrected chi connectivity index (χ1v) is 10.7. The van der Waals surface area contributed by atoms with Crippen LogP contribution in [0.15, 0.2) is 6.07 Å². The zero-order chi connectivity index (χ0) is 20.3. The van der Waals surface area contributed by atoms with Crippen LogP contribution in [-0.4, -0.2) is 60.0 Å². The van der Waals surface area contributed by atoms with Crippen LogP contribution in [0, 0.1) is 11.8 Å². The molecule has 1 aromatic heterocycles. The SMILES string of the molecule is C[C@@H]1C[C@H](C)CN(c2cc(N3CCOCC3)nc(NC(=S)NC(C)(C)C)n2)C1. The Labute approximate surface area is 174 Å². The lowest BCUT2D eigenvalue weighted by Gasteiger charge is -2.36. The standard InChI is InChI=1S/C20H34N6OS/c1-14-10-15(2)13-26(12-14)17-11-16(25-6-8-27-9-7-25)21-18(22-17)23-19(28)24-20(3,4)5/h11,14-15H,6-10,12-13H2,1-5H3,(H2,21,22,23,24,28)/t14-,15+. The fraction of sp³-hybridized carbons (Fsp3) is 0.750. The van der Waals surface area contributed by atoms with Gasteiger partial charge in [-0.25, -0.2) is 0 Å². The Kier molecular flexibility index (Phi) is 6.60. The van der Waals surface area contributed by atoms with Gasteiger partial charge >= 0.3 is 0 Å². The fourth-order valence-electron chi connectivity index (χ4n) is 3.92. The Morgan fingerprint density at radius 2 is 1.64 bits per heavy atom. The van der Waals surface area contributed by atoms with Gasteiger partial charge in [-0.1, -0.05) is 13.8 Å². The summed E-state index contributed by atoms with van der Waals surface area (Å²) in [5, 5.41) is 7.01. The second-order valence-corrected chi connectivity index (χ2v) is 9.60. The van der Waals surface area contributed by atoms with Crippen molar-refractivity contribution >= 4 is 34.9 Å². The Bertz CT molecular complexity index is 676. The summed E-state index contributed by atoms with van der Waals surface area (Å²) >= 11 is 5.47. The van der Waals surface area contributed by atoms with Crippen molar-refractivity contribution in [2.75, 3.05) is 54.5 Å². The molecular formula is C20H34N6OS. The predicted octanol–water partition coefficient (Wildman–Crippen LogP) is 2.88. The molecule has 0 spiro atoms. The van der Waals surface area contributed by atoms with Gasteiger partial charge in [-0.3, -0.25) is 0 Å². The average Bonchev–Trinajstić information content (AvgIpc) is 2.59. The number of morpholine rings is 1. The third-order valence-corrected chi connectivity index (χ3v) is 5.15. The van der Waals surface area contributed by atoms with Crippen molar-refractivity contribution in [1.82, 2.24) is 15.3 Å². The van der Waals surface area contributed by atoms with Gasteiger partial charge in [-0.05, 0) is 51.2 Å². The van der Waals surface area contributed by atoms with E-state index in [1.54, 1.807) is 0 Å². The van der Waals surface area contributed by atoms with Crippen LogP contribution in [0.4, 0.5) is 17.6 Å². The molecule has 0 unspecified atom stereocenters. The van der Waals surface area contributed by atoms with E-state index in [9.17, 15) is 0 Å². The smallest absolute Gasteiger partial charge is 0.232 e. The van der Waals surface area contributed by atoms with Crippen molar-refractivity contribution in [3.05, 3.63) is 6.07 Å². The van der Waals surface area contributed by atoms with E-state index in [1.807, 2.05) is 0 Å². The first kappa shape index (κ1) is 21.0. The number of nitrogens with one attached hydrogen (secondary N) is 2. The maximum atomic E-state index is 5.50. The van der Waals surface area contributed by atoms with Crippen LogP contribution < -0.4 is 20.4 Å². The monoisotopic (exact) mass is 406 g/mol. The van der Waals surface area contributed by atoms with Crippen LogP contribution in [0.25, 0.3) is 0 Å². The number of nitrogens with zero attached hydrogens (tertiary/aromatic N) is 4. The van der Waals surface area contributed by atoms with Gasteiger partial charge in [0.1, 0.15) is 11.6 Å². The summed E-state index contributed by atoms with van der Waals surface area (Å²) in [6.45, 7) is 16.0. The maximum Gasteiger partial charge on any atom is 0.232 e. The molecule has 0 saturated carbocycles. The minimum absolute atomic E-state index is 0.119. The number of aromatic nitrogens is 2. The normalized spacial score (nSPS) is 23.5. The van der Waals surface area contributed by atoms with Crippen molar-refractivity contribution < 1.29 is 4.74 Å². The van der Waals surface area contributed by atoms with E-state index < -0.39 is 0 Å².